The van der Waals surface area contributed by atoms with Gasteiger partial charge < -0.3 is 49.6 Å². The van der Waals surface area contributed by atoms with Crippen LogP contribution in [0.1, 0.15) is 117 Å². The number of rotatable bonds is 24. The zero-order chi connectivity index (χ0) is 37.5. The Hall–Kier alpha value is -1.91. The van der Waals surface area contributed by atoms with Gasteiger partial charge in [0.25, 0.3) is 0 Å². The number of aromatic nitrogens is 2. The SMILES string of the molecule is CCCCCCCCCCO[C@H]1[C@@H](O)[C@@H](Cn2c(=O)n(C[C@@H]3O[C@H](O)[C@H](O)[C@H](OCCCCCCCCCC)[C@@H]3O)c3ccccc32)O[C@@H](O)[C@H]1O. The van der Waals surface area contributed by atoms with Crippen LogP contribution in [0.5, 0.6) is 0 Å². The smallest absolute Gasteiger partial charge is 0.329 e. The summed E-state index contributed by atoms with van der Waals surface area (Å²) in [4.78, 5) is 14.0. The lowest BCUT2D eigenvalue weighted by atomic mass is 9.98. The Morgan fingerprint density at radius 3 is 1.25 bits per heavy atom. The number of ether oxygens (including phenoxy) is 4. The minimum Gasteiger partial charge on any atom is -0.388 e. The van der Waals surface area contributed by atoms with E-state index in [2.05, 4.69) is 13.8 Å². The average Bonchev–Trinajstić information content (AvgIpc) is 3.39. The van der Waals surface area contributed by atoms with Crippen molar-refractivity contribution in [1.82, 2.24) is 9.13 Å². The van der Waals surface area contributed by atoms with Crippen LogP contribution in [0.25, 0.3) is 11.0 Å². The number of imidazole rings is 1. The van der Waals surface area contributed by atoms with Gasteiger partial charge in [0, 0.05) is 13.2 Å². The molecule has 3 heterocycles. The first-order chi connectivity index (χ1) is 25.2. The predicted molar refractivity (Wildman–Crippen MR) is 197 cm³/mol. The molecule has 10 atom stereocenters. The fourth-order valence-electron chi connectivity index (χ4n) is 7.42. The van der Waals surface area contributed by atoms with Gasteiger partial charge in [0.05, 0.1) is 24.1 Å². The van der Waals surface area contributed by atoms with Crippen LogP contribution in [0.3, 0.4) is 0 Å². The van der Waals surface area contributed by atoms with Gasteiger partial charge in [-0.1, -0.05) is 116 Å². The molecule has 2 aliphatic heterocycles. The molecule has 13 heteroatoms. The van der Waals surface area contributed by atoms with Crippen LogP contribution in [-0.4, -0.2) is 114 Å². The van der Waals surface area contributed by atoms with Crippen molar-refractivity contribution in [2.24, 2.45) is 0 Å². The molecule has 6 N–H and O–H groups in total. The zero-order valence-corrected chi connectivity index (χ0v) is 31.3. The minimum absolute atomic E-state index is 0.158. The number of aliphatic hydroxyl groups is 6. The van der Waals surface area contributed by atoms with Gasteiger partial charge in [0.1, 0.15) is 48.8 Å². The van der Waals surface area contributed by atoms with E-state index in [1.165, 1.54) is 60.5 Å². The highest BCUT2D eigenvalue weighted by molar-refractivity contribution is 5.76. The molecule has 2 aromatic rings. The van der Waals surface area contributed by atoms with E-state index in [4.69, 9.17) is 18.9 Å². The van der Waals surface area contributed by atoms with Crippen molar-refractivity contribution in [2.45, 2.75) is 191 Å². The van der Waals surface area contributed by atoms with E-state index in [1.807, 2.05) is 0 Å². The molecule has 1 aromatic carbocycles. The molecule has 0 saturated carbocycles. The molecule has 0 unspecified atom stereocenters. The van der Waals surface area contributed by atoms with E-state index in [9.17, 15) is 35.4 Å². The number of hydrogen-bond donors (Lipinski definition) is 6. The summed E-state index contributed by atoms with van der Waals surface area (Å²) in [6, 6.07) is 6.99. The molecule has 4 rings (SSSR count). The number of para-hydroxylation sites is 2. The molecule has 0 radical (unpaired) electrons. The maximum atomic E-state index is 14.0. The van der Waals surface area contributed by atoms with Crippen LogP contribution >= 0.6 is 0 Å². The van der Waals surface area contributed by atoms with Crippen LogP contribution in [0, 0.1) is 0 Å². The van der Waals surface area contributed by atoms with Gasteiger partial charge in [-0.25, -0.2) is 4.79 Å². The Bertz CT molecular complexity index is 1240. The molecule has 0 aliphatic carbocycles. The Balaban J connectivity index is 1.37. The number of unbranched alkanes of at least 4 members (excludes halogenated alkanes) is 14. The van der Waals surface area contributed by atoms with E-state index in [0.29, 0.717) is 24.2 Å². The fraction of sp³-hybridized carbons (Fsp3) is 0.821. The largest absolute Gasteiger partial charge is 0.388 e. The van der Waals surface area contributed by atoms with E-state index in [0.717, 1.165) is 51.4 Å². The molecular weight excluding hydrogens is 672 g/mol. The van der Waals surface area contributed by atoms with Gasteiger partial charge in [0.15, 0.2) is 12.6 Å². The van der Waals surface area contributed by atoms with Crippen LogP contribution in [0.2, 0.25) is 0 Å². The van der Waals surface area contributed by atoms with E-state index < -0.39 is 67.1 Å². The standard InChI is InChI=1S/C39H66N2O11/c1-3-5-7-9-11-13-15-19-23-49-35-31(42)29(51-37(46)33(35)44)25-40-27-21-17-18-22-28(27)41(39(40)48)26-30-32(43)36(34(45)38(47)52-30)50-24-20-16-14-12-10-8-6-4-2/h17-18,21-22,29-38,42-47H,3-16,19-20,23-26H2,1-2H3/t29-,30+,31+,32-,33+,34-,35+,36-,37-,38+. The second kappa shape index (κ2) is 22.5. The molecule has 0 amide bonds. The van der Waals surface area contributed by atoms with Crippen LogP contribution in [-0.2, 0) is 32.0 Å². The second-order valence-corrected chi connectivity index (χ2v) is 14.7. The number of benzene rings is 1. The summed E-state index contributed by atoms with van der Waals surface area (Å²) in [5.41, 5.74) is 0.518. The van der Waals surface area contributed by atoms with E-state index in [1.54, 1.807) is 24.3 Å². The normalized spacial score (nSPS) is 29.6. The van der Waals surface area contributed by atoms with Crippen molar-refractivity contribution in [3.05, 3.63) is 34.7 Å². The average molecular weight is 739 g/mol. The molecule has 0 spiro atoms. The topological polar surface area (TPSA) is 185 Å². The minimum atomic E-state index is -1.62. The van der Waals surface area contributed by atoms with E-state index >= 15 is 0 Å². The van der Waals surface area contributed by atoms with Crippen molar-refractivity contribution in [1.29, 1.82) is 0 Å². The first-order valence-electron chi connectivity index (χ1n) is 20.0. The van der Waals surface area contributed by atoms with Crippen molar-refractivity contribution in [3.8, 4) is 0 Å². The summed E-state index contributed by atoms with van der Waals surface area (Å²) in [5.74, 6) is 0. The molecule has 52 heavy (non-hydrogen) atoms. The Kier molecular flexibility index (Phi) is 18.5. The molecule has 0 bridgehead atoms. The number of hydrogen-bond acceptors (Lipinski definition) is 11. The molecule has 13 nitrogen and oxygen atoms in total. The number of fused-ring (bicyclic) bond motifs is 1. The van der Waals surface area contributed by atoms with Gasteiger partial charge >= 0.3 is 5.69 Å². The Labute approximate surface area is 308 Å². The molecule has 2 fully saturated rings. The highest BCUT2D eigenvalue weighted by Crippen LogP contribution is 2.27. The summed E-state index contributed by atoms with van der Waals surface area (Å²) in [5, 5.41) is 64.8. The summed E-state index contributed by atoms with van der Waals surface area (Å²) in [6.07, 6.45) is 4.53. The fourth-order valence-corrected chi connectivity index (χ4v) is 7.42. The molecule has 2 saturated heterocycles. The first kappa shape index (κ1) is 42.8. The summed E-state index contributed by atoms with van der Waals surface area (Å²) < 4.78 is 25.8. The highest BCUT2D eigenvalue weighted by atomic mass is 16.7. The molecular formula is C39H66N2O11. The Morgan fingerprint density at radius 2 is 0.885 bits per heavy atom. The molecule has 2 aliphatic rings. The van der Waals surface area contributed by atoms with Crippen LogP contribution in [0.4, 0.5) is 0 Å². The molecule has 298 valence electrons. The third-order valence-electron chi connectivity index (χ3n) is 10.6. The second-order valence-electron chi connectivity index (χ2n) is 14.7. The number of nitrogens with zero attached hydrogens (tertiary/aromatic N) is 2. The van der Waals surface area contributed by atoms with E-state index in [-0.39, 0.29) is 13.1 Å². The van der Waals surface area contributed by atoms with Gasteiger partial charge in [-0.15, -0.1) is 0 Å². The lowest BCUT2D eigenvalue weighted by Crippen LogP contribution is -2.60. The monoisotopic (exact) mass is 738 g/mol. The summed E-state index contributed by atoms with van der Waals surface area (Å²) in [7, 11) is 0. The quantitative estimate of drug-likeness (QED) is 0.0863. The molecule has 1 aromatic heterocycles. The van der Waals surface area contributed by atoms with Crippen molar-refractivity contribution in [2.75, 3.05) is 13.2 Å². The first-order valence-corrected chi connectivity index (χ1v) is 20.0. The lowest BCUT2D eigenvalue weighted by molar-refractivity contribution is -0.292. The van der Waals surface area contributed by atoms with Gasteiger partial charge in [-0.3, -0.25) is 9.13 Å². The summed E-state index contributed by atoms with van der Waals surface area (Å²) >= 11 is 0. The third-order valence-corrected chi connectivity index (χ3v) is 10.6. The maximum Gasteiger partial charge on any atom is 0.329 e. The van der Waals surface area contributed by atoms with Gasteiger partial charge in [-0.05, 0) is 25.0 Å². The van der Waals surface area contributed by atoms with Gasteiger partial charge in [0.2, 0.25) is 0 Å². The van der Waals surface area contributed by atoms with Crippen molar-refractivity contribution >= 4 is 11.0 Å². The summed E-state index contributed by atoms with van der Waals surface area (Å²) in [6.45, 7) is 4.68. The van der Waals surface area contributed by atoms with Crippen LogP contribution in [0.15, 0.2) is 29.1 Å². The van der Waals surface area contributed by atoms with Crippen molar-refractivity contribution < 1.29 is 49.6 Å². The maximum absolute atomic E-state index is 14.0. The Morgan fingerprint density at radius 1 is 0.538 bits per heavy atom. The third kappa shape index (κ3) is 11.8. The van der Waals surface area contributed by atoms with Gasteiger partial charge in [-0.2, -0.15) is 0 Å². The predicted octanol–water partition coefficient (Wildman–Crippen LogP) is 3.73. The number of aliphatic hydroxyl groups excluding tert-OH is 6. The lowest BCUT2D eigenvalue weighted by Gasteiger charge is -2.40. The van der Waals surface area contributed by atoms with Crippen molar-refractivity contribution in [3.63, 3.8) is 0 Å². The zero-order valence-electron chi connectivity index (χ0n) is 31.3. The van der Waals surface area contributed by atoms with Crippen LogP contribution < -0.4 is 5.69 Å². The highest BCUT2D eigenvalue weighted by Gasteiger charge is 2.46.